The normalized spacial score (nSPS) is 35.3. The summed E-state index contributed by atoms with van der Waals surface area (Å²) in [6.07, 6.45) is 2.72. The van der Waals surface area contributed by atoms with Crippen LogP contribution in [0.4, 0.5) is 0 Å². The number of ether oxygens (including phenoxy) is 1. The zero-order valence-electron chi connectivity index (χ0n) is 15.2. The van der Waals surface area contributed by atoms with Crippen molar-refractivity contribution in [3.63, 3.8) is 0 Å². The van der Waals surface area contributed by atoms with Crippen molar-refractivity contribution in [3.05, 3.63) is 47.2 Å². The average Bonchev–Trinajstić information content (AvgIpc) is 3.03. The molecule has 0 unspecified atom stereocenters. The zero-order chi connectivity index (χ0) is 18.1. The van der Waals surface area contributed by atoms with Crippen LogP contribution >= 0.6 is 0 Å². The smallest absolute Gasteiger partial charge is 0.232 e. The maximum atomic E-state index is 13.4. The van der Waals surface area contributed by atoms with Gasteiger partial charge in [-0.1, -0.05) is 24.3 Å². The van der Waals surface area contributed by atoms with E-state index in [-0.39, 0.29) is 24.5 Å². The van der Waals surface area contributed by atoms with Gasteiger partial charge in [0.1, 0.15) is 0 Å². The van der Waals surface area contributed by atoms with Crippen LogP contribution in [0, 0.1) is 11.3 Å². The first-order valence-corrected chi connectivity index (χ1v) is 9.41. The molecule has 5 nitrogen and oxygen atoms in total. The summed E-state index contributed by atoms with van der Waals surface area (Å²) in [5.74, 6) is 0.150. The Bertz CT molecular complexity index is 930. The van der Waals surface area contributed by atoms with Crippen molar-refractivity contribution in [2.45, 2.75) is 39.0 Å². The number of amides is 1. The Morgan fingerprint density at radius 1 is 1.38 bits per heavy atom. The molecule has 0 bridgehead atoms. The molecular weight excluding hydrogens is 328 g/mol. The van der Waals surface area contributed by atoms with Gasteiger partial charge in [0.15, 0.2) is 6.29 Å². The highest BCUT2D eigenvalue weighted by Crippen LogP contribution is 2.53. The largest absolute Gasteiger partial charge is 0.364 e. The van der Waals surface area contributed by atoms with Gasteiger partial charge < -0.3 is 19.7 Å². The van der Waals surface area contributed by atoms with E-state index in [0.29, 0.717) is 0 Å². The Labute approximate surface area is 152 Å². The van der Waals surface area contributed by atoms with E-state index in [1.54, 1.807) is 0 Å². The highest BCUT2D eigenvalue weighted by atomic mass is 16.6. The lowest BCUT2D eigenvalue weighted by atomic mass is 9.64. The van der Waals surface area contributed by atoms with E-state index in [1.807, 2.05) is 30.9 Å². The number of benzene rings is 1. The molecule has 4 atom stereocenters. The minimum atomic E-state index is -0.900. The standard InChI is InChI=1S/C21H24N2O3/c1-3-12-15-10-17-18-14(13-6-4-5-7-16(13)22-18)8-9-23(17)20(25)21(15,2)11-26-19(12)24/h3-7,15,17,19,22,24H,8-11H2,1-2H3/t15-,17-,19+,21-/m0/s1. The quantitative estimate of drug-likeness (QED) is 0.717. The Morgan fingerprint density at radius 3 is 3.00 bits per heavy atom. The van der Waals surface area contributed by atoms with Crippen molar-refractivity contribution < 1.29 is 14.6 Å². The molecule has 1 amide bonds. The Kier molecular flexibility index (Phi) is 3.37. The first-order valence-electron chi connectivity index (χ1n) is 9.41. The number of piperidine rings is 1. The van der Waals surface area contributed by atoms with Gasteiger partial charge in [0, 0.05) is 29.1 Å². The third-order valence-electron chi connectivity index (χ3n) is 6.70. The van der Waals surface area contributed by atoms with Crippen LogP contribution < -0.4 is 0 Å². The number of hydrogen-bond acceptors (Lipinski definition) is 3. The van der Waals surface area contributed by atoms with Crippen LogP contribution in [0.25, 0.3) is 10.9 Å². The summed E-state index contributed by atoms with van der Waals surface area (Å²) < 4.78 is 5.55. The van der Waals surface area contributed by atoms with Gasteiger partial charge in [0.2, 0.25) is 5.91 Å². The van der Waals surface area contributed by atoms with Gasteiger partial charge in [0.05, 0.1) is 18.1 Å². The van der Waals surface area contributed by atoms with Gasteiger partial charge in [0.25, 0.3) is 0 Å². The molecule has 1 aromatic heterocycles. The van der Waals surface area contributed by atoms with E-state index in [4.69, 9.17) is 4.74 Å². The monoisotopic (exact) mass is 352 g/mol. The van der Waals surface area contributed by atoms with Gasteiger partial charge >= 0.3 is 0 Å². The van der Waals surface area contributed by atoms with Gasteiger partial charge in [-0.25, -0.2) is 0 Å². The van der Waals surface area contributed by atoms with Crippen molar-refractivity contribution in [2.75, 3.05) is 13.2 Å². The molecule has 3 aliphatic heterocycles. The molecule has 3 aliphatic rings. The maximum absolute atomic E-state index is 13.4. The van der Waals surface area contributed by atoms with Crippen LogP contribution in [0.5, 0.6) is 0 Å². The molecule has 5 heteroatoms. The number of allylic oxidation sites excluding steroid dienone is 1. The van der Waals surface area contributed by atoms with Crippen LogP contribution in [0.15, 0.2) is 35.9 Å². The lowest BCUT2D eigenvalue weighted by Crippen LogP contribution is -2.60. The minimum Gasteiger partial charge on any atom is -0.364 e. The van der Waals surface area contributed by atoms with Crippen LogP contribution in [-0.4, -0.2) is 40.3 Å². The topological polar surface area (TPSA) is 65.6 Å². The maximum Gasteiger partial charge on any atom is 0.232 e. The molecule has 2 aromatic rings. The van der Waals surface area contributed by atoms with Crippen molar-refractivity contribution in [3.8, 4) is 0 Å². The number of aliphatic hydroxyl groups excluding tert-OH is 1. The SMILES string of the molecule is CC=C1[C@H](O)OC[C@]2(C)C(=O)N3CCc4c([nH]c5ccccc45)[C@@H]3C[C@@H]12. The minimum absolute atomic E-state index is 0.00219. The average molecular weight is 352 g/mol. The van der Waals surface area contributed by atoms with E-state index in [9.17, 15) is 9.90 Å². The summed E-state index contributed by atoms with van der Waals surface area (Å²) in [6, 6.07) is 8.40. The van der Waals surface area contributed by atoms with Crippen molar-refractivity contribution in [2.24, 2.45) is 11.3 Å². The summed E-state index contributed by atoms with van der Waals surface area (Å²) in [5.41, 5.74) is 3.90. The van der Waals surface area contributed by atoms with E-state index >= 15 is 0 Å². The molecule has 1 aromatic carbocycles. The van der Waals surface area contributed by atoms with Crippen molar-refractivity contribution in [1.82, 2.24) is 9.88 Å². The predicted molar refractivity (Wildman–Crippen MR) is 98.4 cm³/mol. The highest BCUT2D eigenvalue weighted by Gasteiger charge is 2.56. The number of rotatable bonds is 0. The number of carbonyl (C=O) groups excluding carboxylic acids is 1. The fraction of sp³-hybridized carbons (Fsp3) is 0.476. The number of fused-ring (bicyclic) bond motifs is 6. The van der Waals surface area contributed by atoms with E-state index in [2.05, 4.69) is 23.2 Å². The summed E-state index contributed by atoms with van der Waals surface area (Å²) in [6.45, 7) is 4.93. The van der Waals surface area contributed by atoms with Gasteiger partial charge in [-0.3, -0.25) is 4.79 Å². The Morgan fingerprint density at radius 2 is 2.19 bits per heavy atom. The molecule has 0 saturated carbocycles. The summed E-state index contributed by atoms with van der Waals surface area (Å²) in [4.78, 5) is 19.0. The lowest BCUT2D eigenvalue weighted by molar-refractivity contribution is -0.186. The molecule has 2 saturated heterocycles. The fourth-order valence-corrected chi connectivity index (χ4v) is 5.30. The molecule has 0 spiro atoms. The predicted octanol–water partition coefficient (Wildman–Crippen LogP) is 2.91. The van der Waals surface area contributed by atoms with Gasteiger partial charge in [-0.2, -0.15) is 0 Å². The fourth-order valence-electron chi connectivity index (χ4n) is 5.30. The van der Waals surface area contributed by atoms with Gasteiger partial charge in [-0.05, 0) is 43.9 Å². The van der Waals surface area contributed by atoms with Crippen LogP contribution in [0.1, 0.15) is 37.6 Å². The first-order chi connectivity index (χ1) is 12.5. The van der Waals surface area contributed by atoms with Crippen molar-refractivity contribution in [1.29, 1.82) is 0 Å². The number of nitrogens with one attached hydrogen (secondary N) is 1. The second-order valence-electron chi connectivity index (χ2n) is 7.98. The zero-order valence-corrected chi connectivity index (χ0v) is 15.2. The number of aliphatic hydroxyl groups is 1. The number of hydrogen-bond donors (Lipinski definition) is 2. The highest BCUT2D eigenvalue weighted by molar-refractivity contribution is 5.88. The second kappa shape index (κ2) is 5.44. The van der Waals surface area contributed by atoms with Crippen LogP contribution in [0.2, 0.25) is 0 Å². The second-order valence-corrected chi connectivity index (χ2v) is 7.98. The molecule has 0 aliphatic carbocycles. The number of H-pyrrole nitrogens is 1. The van der Waals surface area contributed by atoms with Gasteiger partial charge in [-0.15, -0.1) is 0 Å². The third-order valence-corrected chi connectivity index (χ3v) is 6.70. The number of aromatic amines is 1. The molecule has 2 N–H and O–H groups in total. The third kappa shape index (κ3) is 1.96. The molecule has 136 valence electrons. The number of aromatic nitrogens is 1. The Hall–Kier alpha value is -2.11. The molecular formula is C21H24N2O3. The molecule has 0 radical (unpaired) electrons. The molecule has 4 heterocycles. The van der Waals surface area contributed by atoms with Crippen LogP contribution in [-0.2, 0) is 16.0 Å². The molecule has 5 rings (SSSR count). The van der Waals surface area contributed by atoms with Crippen molar-refractivity contribution >= 4 is 16.8 Å². The summed E-state index contributed by atoms with van der Waals surface area (Å²) in [5, 5.41) is 11.6. The number of para-hydroxylation sites is 1. The molecule has 26 heavy (non-hydrogen) atoms. The summed E-state index contributed by atoms with van der Waals surface area (Å²) in [7, 11) is 0. The van der Waals surface area contributed by atoms with Crippen LogP contribution in [0.3, 0.4) is 0 Å². The van der Waals surface area contributed by atoms with E-state index in [0.717, 1.165) is 30.5 Å². The van der Waals surface area contributed by atoms with E-state index in [1.165, 1.54) is 16.6 Å². The molecule has 2 fully saturated rings. The number of nitrogens with zero attached hydrogens (tertiary/aromatic N) is 1. The van der Waals surface area contributed by atoms with E-state index < -0.39 is 11.7 Å². The number of carbonyl (C=O) groups is 1. The lowest BCUT2D eigenvalue weighted by Gasteiger charge is -2.53. The summed E-state index contributed by atoms with van der Waals surface area (Å²) >= 11 is 0. The Balaban J connectivity index is 1.63. The first kappa shape index (κ1) is 16.1.